The van der Waals surface area contributed by atoms with Crippen LogP contribution in [-0.2, 0) is 16.6 Å². The predicted octanol–water partition coefficient (Wildman–Crippen LogP) is 3.75. The Balaban J connectivity index is 2.16. The van der Waals surface area contributed by atoms with E-state index in [9.17, 15) is 8.42 Å². The molecule has 0 aliphatic heterocycles. The number of thiazole rings is 1. The van der Waals surface area contributed by atoms with E-state index in [0.717, 1.165) is 11.3 Å². The van der Waals surface area contributed by atoms with Crippen molar-refractivity contribution in [2.75, 3.05) is 0 Å². The summed E-state index contributed by atoms with van der Waals surface area (Å²) in [7, 11) is -3.68. The lowest BCUT2D eigenvalue weighted by Gasteiger charge is -2.06. The number of aromatic nitrogens is 1. The Hall–Kier alpha value is -1.96. The van der Waals surface area contributed by atoms with Crippen molar-refractivity contribution < 1.29 is 8.42 Å². The Kier molecular flexibility index (Phi) is 4.61. The van der Waals surface area contributed by atoms with Gasteiger partial charge in [-0.1, -0.05) is 42.5 Å². The van der Waals surface area contributed by atoms with Gasteiger partial charge in [0.2, 0.25) is 4.80 Å². The van der Waals surface area contributed by atoms with Crippen LogP contribution in [0.15, 0.2) is 74.5 Å². The summed E-state index contributed by atoms with van der Waals surface area (Å²) in [4.78, 5) is 0.442. The van der Waals surface area contributed by atoms with Crippen molar-refractivity contribution in [3.05, 3.63) is 70.7 Å². The van der Waals surface area contributed by atoms with E-state index in [-0.39, 0.29) is 4.21 Å². The largest absolute Gasteiger partial charge is 0.312 e. The quantitative estimate of drug-likeness (QED) is 0.649. The third-order valence-corrected chi connectivity index (χ3v) is 6.75. The lowest BCUT2D eigenvalue weighted by atomic mass is 10.2. The Bertz CT molecular complexity index is 966. The van der Waals surface area contributed by atoms with Crippen LogP contribution in [-0.4, -0.2) is 13.0 Å². The van der Waals surface area contributed by atoms with Gasteiger partial charge in [-0.05, 0) is 17.0 Å². The van der Waals surface area contributed by atoms with E-state index in [2.05, 4.69) is 11.0 Å². The third-order valence-electron chi connectivity index (χ3n) is 3.13. The van der Waals surface area contributed by atoms with Crippen LogP contribution < -0.4 is 4.80 Å². The summed E-state index contributed by atoms with van der Waals surface area (Å²) < 4.78 is 30.9. The average molecular weight is 363 g/mol. The number of allylic oxidation sites excluding steroid dienone is 1. The van der Waals surface area contributed by atoms with E-state index >= 15 is 0 Å². The van der Waals surface area contributed by atoms with Gasteiger partial charge in [-0.2, -0.15) is 8.42 Å². The molecule has 0 aliphatic rings. The molecule has 2 aromatic heterocycles. The highest BCUT2D eigenvalue weighted by Gasteiger charge is 2.15. The van der Waals surface area contributed by atoms with Crippen LogP contribution in [0.1, 0.15) is 0 Å². The fourth-order valence-corrected chi connectivity index (χ4v) is 5.21. The summed E-state index contributed by atoms with van der Waals surface area (Å²) in [6.07, 6.45) is 1.73. The number of nitrogens with zero attached hydrogens (tertiary/aromatic N) is 2. The minimum absolute atomic E-state index is 0.248. The van der Waals surface area contributed by atoms with Crippen LogP contribution in [0.4, 0.5) is 0 Å². The van der Waals surface area contributed by atoms with Gasteiger partial charge in [-0.3, -0.25) is 0 Å². The number of thiophene rings is 1. The highest BCUT2D eigenvalue weighted by atomic mass is 32.2. The second-order valence-corrected chi connectivity index (χ2v) is 8.28. The second-order valence-electron chi connectivity index (χ2n) is 4.67. The van der Waals surface area contributed by atoms with Gasteiger partial charge in [0.1, 0.15) is 4.21 Å². The zero-order valence-corrected chi connectivity index (χ0v) is 14.6. The molecule has 0 saturated heterocycles. The molecule has 0 unspecified atom stereocenters. The molecule has 2 heterocycles. The van der Waals surface area contributed by atoms with Crippen molar-refractivity contribution in [1.29, 1.82) is 0 Å². The van der Waals surface area contributed by atoms with Gasteiger partial charge >= 0.3 is 0 Å². The molecule has 23 heavy (non-hydrogen) atoms. The first-order valence-electron chi connectivity index (χ1n) is 6.81. The summed E-state index contributed by atoms with van der Waals surface area (Å²) in [5.74, 6) is 0. The lowest BCUT2D eigenvalue weighted by molar-refractivity contribution is 0.597. The van der Waals surface area contributed by atoms with Crippen molar-refractivity contribution in [1.82, 2.24) is 4.57 Å². The van der Waals surface area contributed by atoms with E-state index in [0.29, 0.717) is 11.3 Å². The van der Waals surface area contributed by atoms with Gasteiger partial charge in [-0.15, -0.1) is 33.7 Å². The molecule has 0 atom stereocenters. The first-order chi connectivity index (χ1) is 11.1. The van der Waals surface area contributed by atoms with Crippen LogP contribution >= 0.6 is 22.7 Å². The zero-order valence-electron chi connectivity index (χ0n) is 12.1. The fraction of sp³-hybridized carbons (Fsp3) is 0.0625. The van der Waals surface area contributed by atoms with Gasteiger partial charge in [0.15, 0.2) is 0 Å². The third kappa shape index (κ3) is 3.36. The Morgan fingerprint density at radius 2 is 1.91 bits per heavy atom. The van der Waals surface area contributed by atoms with Crippen molar-refractivity contribution in [2.24, 2.45) is 4.40 Å². The molecular formula is C16H14N2O2S3. The molecule has 4 nitrogen and oxygen atoms in total. The smallest absolute Gasteiger partial charge is 0.294 e. The van der Waals surface area contributed by atoms with Crippen molar-refractivity contribution in [3.63, 3.8) is 0 Å². The van der Waals surface area contributed by atoms with Crippen LogP contribution in [0.3, 0.4) is 0 Å². The van der Waals surface area contributed by atoms with E-state index in [1.807, 2.05) is 40.3 Å². The molecule has 3 aromatic rings. The lowest BCUT2D eigenvalue weighted by Crippen LogP contribution is -2.17. The van der Waals surface area contributed by atoms with E-state index in [4.69, 9.17) is 0 Å². The van der Waals surface area contributed by atoms with Gasteiger partial charge in [-0.25, -0.2) is 0 Å². The molecule has 0 spiro atoms. The van der Waals surface area contributed by atoms with Crippen molar-refractivity contribution >= 4 is 32.7 Å². The molecular weight excluding hydrogens is 348 g/mol. The highest BCUT2D eigenvalue weighted by Crippen LogP contribution is 2.21. The monoisotopic (exact) mass is 362 g/mol. The number of benzene rings is 1. The molecule has 3 rings (SSSR count). The molecule has 0 fully saturated rings. The van der Waals surface area contributed by atoms with Crippen molar-refractivity contribution in [2.45, 2.75) is 10.8 Å². The fourth-order valence-electron chi connectivity index (χ4n) is 2.11. The highest BCUT2D eigenvalue weighted by molar-refractivity contribution is 7.92. The molecule has 0 aliphatic carbocycles. The Morgan fingerprint density at radius 1 is 1.13 bits per heavy atom. The number of sulfonamides is 1. The van der Waals surface area contributed by atoms with Crippen LogP contribution in [0, 0.1) is 0 Å². The molecule has 0 bridgehead atoms. The van der Waals surface area contributed by atoms with Gasteiger partial charge in [0.05, 0.1) is 5.69 Å². The SMILES string of the molecule is C=CCn1c(-c2ccccc2)csc1=NS(=O)(=O)c1cccs1. The molecule has 1 aromatic carbocycles. The van der Waals surface area contributed by atoms with E-state index in [1.54, 1.807) is 23.6 Å². The molecule has 118 valence electrons. The van der Waals surface area contributed by atoms with Gasteiger partial charge < -0.3 is 4.57 Å². The molecule has 0 radical (unpaired) electrons. The van der Waals surface area contributed by atoms with Gasteiger partial charge in [0.25, 0.3) is 10.0 Å². The molecule has 0 saturated carbocycles. The normalized spacial score (nSPS) is 12.4. The van der Waals surface area contributed by atoms with Crippen LogP contribution in [0.2, 0.25) is 0 Å². The second kappa shape index (κ2) is 6.66. The summed E-state index contributed by atoms with van der Waals surface area (Å²) >= 11 is 2.47. The number of rotatable bonds is 5. The topological polar surface area (TPSA) is 51.4 Å². The van der Waals surface area contributed by atoms with E-state index in [1.165, 1.54) is 22.7 Å². The zero-order chi connectivity index (χ0) is 16.3. The molecule has 0 N–H and O–H groups in total. The minimum Gasteiger partial charge on any atom is -0.312 e. The maximum Gasteiger partial charge on any atom is 0.294 e. The van der Waals surface area contributed by atoms with E-state index < -0.39 is 10.0 Å². The van der Waals surface area contributed by atoms with Crippen LogP contribution in [0.25, 0.3) is 11.3 Å². The van der Waals surface area contributed by atoms with Crippen LogP contribution in [0.5, 0.6) is 0 Å². The maximum atomic E-state index is 12.4. The molecule has 0 amide bonds. The summed E-state index contributed by atoms with van der Waals surface area (Å²) in [5, 5.41) is 3.64. The first-order valence-corrected chi connectivity index (χ1v) is 10.0. The number of hydrogen-bond donors (Lipinski definition) is 0. The minimum atomic E-state index is -3.68. The summed E-state index contributed by atoms with van der Waals surface area (Å²) in [6.45, 7) is 4.25. The van der Waals surface area contributed by atoms with Crippen molar-refractivity contribution in [3.8, 4) is 11.3 Å². The standard InChI is InChI=1S/C16H14N2O2S3/c1-2-10-18-14(13-7-4-3-5-8-13)12-22-16(18)17-23(19,20)15-9-6-11-21-15/h2-9,11-12H,1,10H2. The van der Waals surface area contributed by atoms with Gasteiger partial charge in [0, 0.05) is 11.9 Å². The maximum absolute atomic E-state index is 12.4. The Labute approximate surface area is 142 Å². The Morgan fingerprint density at radius 3 is 2.57 bits per heavy atom. The molecule has 7 heteroatoms. The average Bonchev–Trinajstić information content (AvgIpc) is 3.20. The number of hydrogen-bond acceptors (Lipinski definition) is 4. The predicted molar refractivity (Wildman–Crippen MR) is 95.0 cm³/mol. The summed E-state index contributed by atoms with van der Waals surface area (Å²) in [6, 6.07) is 13.1. The summed E-state index contributed by atoms with van der Waals surface area (Å²) in [5.41, 5.74) is 1.94. The first kappa shape index (κ1) is 15.9.